The van der Waals surface area contributed by atoms with Gasteiger partial charge in [-0.25, -0.2) is 0 Å². The molecule has 21 heavy (non-hydrogen) atoms. The Morgan fingerprint density at radius 2 is 1.71 bits per heavy atom. The molecule has 1 aromatic carbocycles. The number of hydrogen-bond acceptors (Lipinski definition) is 3. The van der Waals surface area contributed by atoms with Crippen molar-refractivity contribution in [2.45, 2.75) is 51.7 Å². The minimum atomic E-state index is 0.341. The number of nitrogens with zero attached hydrogens (tertiary/aromatic N) is 1. The molecule has 1 unspecified atom stereocenters. The zero-order valence-corrected chi connectivity index (χ0v) is 13.7. The zero-order chi connectivity index (χ0) is 15.2. The fraction of sp³-hybridized carbons (Fsp3) is 0.667. The normalized spacial score (nSPS) is 19.1. The average molecular weight is 290 g/mol. The molecule has 3 heteroatoms. The highest BCUT2D eigenvalue weighted by atomic mass is 16.5. The van der Waals surface area contributed by atoms with Gasteiger partial charge in [-0.1, -0.05) is 38.1 Å². The molecule has 2 N–H and O–H groups in total. The summed E-state index contributed by atoms with van der Waals surface area (Å²) in [4.78, 5) is 2.51. The molecule has 1 aromatic rings. The predicted octanol–water partition coefficient (Wildman–Crippen LogP) is 3.31. The first kappa shape index (κ1) is 16.5. The molecule has 1 heterocycles. The van der Waals surface area contributed by atoms with Gasteiger partial charge in [0.25, 0.3) is 0 Å². The van der Waals surface area contributed by atoms with Crippen molar-refractivity contribution in [3.63, 3.8) is 0 Å². The number of ether oxygens (including phenoxy) is 1. The summed E-state index contributed by atoms with van der Waals surface area (Å²) in [7, 11) is 0. The summed E-state index contributed by atoms with van der Waals surface area (Å²) in [5.41, 5.74) is 8.79. The monoisotopic (exact) mass is 290 g/mol. The van der Waals surface area contributed by atoms with E-state index in [0.29, 0.717) is 24.6 Å². The fourth-order valence-electron chi connectivity index (χ4n) is 3.19. The first-order valence-corrected chi connectivity index (χ1v) is 8.31. The minimum Gasteiger partial charge on any atom is -0.378 e. The highest BCUT2D eigenvalue weighted by Gasteiger charge is 2.25. The van der Waals surface area contributed by atoms with Crippen LogP contribution in [0.15, 0.2) is 24.3 Å². The van der Waals surface area contributed by atoms with Crippen molar-refractivity contribution in [2.75, 3.05) is 26.2 Å². The second-order valence-corrected chi connectivity index (χ2v) is 6.26. The van der Waals surface area contributed by atoms with E-state index in [2.05, 4.69) is 49.9 Å². The fourth-order valence-corrected chi connectivity index (χ4v) is 3.19. The Kier molecular flexibility index (Phi) is 6.22. The molecule has 3 nitrogen and oxygen atoms in total. The van der Waals surface area contributed by atoms with Gasteiger partial charge in [0.05, 0.1) is 6.10 Å². The second-order valence-electron chi connectivity index (χ2n) is 6.26. The van der Waals surface area contributed by atoms with Crippen molar-refractivity contribution >= 4 is 0 Å². The summed E-state index contributed by atoms with van der Waals surface area (Å²) in [5, 5.41) is 0. The number of rotatable bonds is 6. The van der Waals surface area contributed by atoms with Gasteiger partial charge in [-0.15, -0.1) is 0 Å². The Hall–Kier alpha value is -0.900. The van der Waals surface area contributed by atoms with Crippen LogP contribution in [0.2, 0.25) is 0 Å². The third-order valence-electron chi connectivity index (χ3n) is 4.53. The minimum absolute atomic E-state index is 0.341. The lowest BCUT2D eigenvalue weighted by atomic mass is 9.97. The standard InChI is InChI=1S/C18H30N2O/c1-4-21-17-9-11-20(12-10-17)18(13-19)16-7-5-15(6-8-16)14(2)3/h5-8,14,17-18H,4,9-13,19H2,1-3H3. The summed E-state index contributed by atoms with van der Waals surface area (Å²) in [6, 6.07) is 9.34. The maximum Gasteiger partial charge on any atom is 0.0599 e. The number of hydrogen-bond donors (Lipinski definition) is 1. The number of benzene rings is 1. The van der Waals surface area contributed by atoms with Crippen LogP contribution in [0.3, 0.4) is 0 Å². The molecule has 1 fully saturated rings. The molecule has 0 aromatic heterocycles. The van der Waals surface area contributed by atoms with E-state index in [-0.39, 0.29) is 0 Å². The molecule has 1 saturated heterocycles. The maximum atomic E-state index is 6.05. The molecule has 0 radical (unpaired) electrons. The molecule has 0 spiro atoms. The van der Waals surface area contributed by atoms with Crippen molar-refractivity contribution in [1.82, 2.24) is 4.90 Å². The topological polar surface area (TPSA) is 38.5 Å². The Balaban J connectivity index is 1.99. The quantitative estimate of drug-likeness (QED) is 0.873. The summed E-state index contributed by atoms with van der Waals surface area (Å²) in [6.07, 6.45) is 2.68. The van der Waals surface area contributed by atoms with E-state index in [1.807, 2.05) is 0 Å². The van der Waals surface area contributed by atoms with Crippen LogP contribution in [0.5, 0.6) is 0 Å². The van der Waals surface area contributed by atoms with Crippen LogP contribution in [-0.2, 0) is 4.74 Å². The largest absolute Gasteiger partial charge is 0.378 e. The smallest absolute Gasteiger partial charge is 0.0599 e. The molecule has 1 aliphatic heterocycles. The SMILES string of the molecule is CCOC1CCN(C(CN)c2ccc(C(C)C)cc2)CC1. The van der Waals surface area contributed by atoms with Gasteiger partial charge in [-0.05, 0) is 36.8 Å². The van der Waals surface area contributed by atoms with E-state index in [1.54, 1.807) is 0 Å². The van der Waals surface area contributed by atoms with Crippen LogP contribution in [0.25, 0.3) is 0 Å². The molecule has 2 rings (SSSR count). The van der Waals surface area contributed by atoms with Crippen LogP contribution in [-0.4, -0.2) is 37.2 Å². The van der Waals surface area contributed by atoms with Crippen molar-refractivity contribution in [1.29, 1.82) is 0 Å². The molecule has 0 saturated carbocycles. The van der Waals surface area contributed by atoms with Crippen molar-refractivity contribution < 1.29 is 4.74 Å². The molecular weight excluding hydrogens is 260 g/mol. The van der Waals surface area contributed by atoms with Crippen LogP contribution in [0.1, 0.15) is 56.7 Å². The van der Waals surface area contributed by atoms with Crippen LogP contribution in [0.4, 0.5) is 0 Å². The summed E-state index contributed by atoms with van der Waals surface area (Å²) in [6.45, 7) is 10.2. The predicted molar refractivity (Wildman–Crippen MR) is 88.5 cm³/mol. The maximum absolute atomic E-state index is 6.05. The van der Waals surface area contributed by atoms with Crippen LogP contribution >= 0.6 is 0 Å². The van der Waals surface area contributed by atoms with Crippen molar-refractivity contribution in [3.8, 4) is 0 Å². The van der Waals surface area contributed by atoms with Gasteiger partial charge in [-0.2, -0.15) is 0 Å². The summed E-state index contributed by atoms with van der Waals surface area (Å²) < 4.78 is 5.73. The lowest BCUT2D eigenvalue weighted by molar-refractivity contribution is 0.00452. The van der Waals surface area contributed by atoms with Gasteiger partial charge in [0, 0.05) is 32.3 Å². The molecule has 118 valence electrons. The van der Waals surface area contributed by atoms with Gasteiger partial charge >= 0.3 is 0 Å². The van der Waals surface area contributed by atoms with Crippen LogP contribution in [0, 0.1) is 0 Å². The van der Waals surface area contributed by atoms with Crippen molar-refractivity contribution in [3.05, 3.63) is 35.4 Å². The number of piperidine rings is 1. The highest BCUT2D eigenvalue weighted by molar-refractivity contribution is 5.27. The molecule has 0 amide bonds. The Morgan fingerprint density at radius 3 is 2.19 bits per heavy atom. The lowest BCUT2D eigenvalue weighted by Crippen LogP contribution is -2.41. The average Bonchev–Trinajstić information content (AvgIpc) is 2.50. The molecule has 1 atom stereocenters. The van der Waals surface area contributed by atoms with Gasteiger partial charge < -0.3 is 10.5 Å². The van der Waals surface area contributed by atoms with Crippen molar-refractivity contribution in [2.24, 2.45) is 5.73 Å². The third kappa shape index (κ3) is 4.29. The van der Waals surface area contributed by atoms with E-state index >= 15 is 0 Å². The number of nitrogens with two attached hydrogens (primary N) is 1. The van der Waals surface area contributed by atoms with Gasteiger partial charge in [0.1, 0.15) is 0 Å². The first-order valence-electron chi connectivity index (χ1n) is 8.31. The van der Waals surface area contributed by atoms with E-state index in [1.165, 1.54) is 11.1 Å². The Morgan fingerprint density at radius 1 is 1.14 bits per heavy atom. The Bertz CT molecular complexity index is 408. The van der Waals surface area contributed by atoms with E-state index in [4.69, 9.17) is 10.5 Å². The lowest BCUT2D eigenvalue weighted by Gasteiger charge is -2.37. The van der Waals surface area contributed by atoms with Gasteiger partial charge in [0.2, 0.25) is 0 Å². The molecule has 1 aliphatic rings. The molecule has 0 bridgehead atoms. The third-order valence-corrected chi connectivity index (χ3v) is 4.53. The van der Waals surface area contributed by atoms with E-state index in [0.717, 1.165) is 32.5 Å². The first-order chi connectivity index (χ1) is 10.2. The van der Waals surface area contributed by atoms with Gasteiger partial charge in [-0.3, -0.25) is 4.90 Å². The summed E-state index contributed by atoms with van der Waals surface area (Å²) in [5.74, 6) is 0.581. The van der Waals surface area contributed by atoms with Gasteiger partial charge in [0.15, 0.2) is 0 Å². The van der Waals surface area contributed by atoms with E-state index < -0.39 is 0 Å². The molecular formula is C18H30N2O. The van der Waals surface area contributed by atoms with E-state index in [9.17, 15) is 0 Å². The Labute approximate surface area is 129 Å². The van der Waals surface area contributed by atoms with Crippen LogP contribution < -0.4 is 5.73 Å². The molecule has 0 aliphatic carbocycles. The highest BCUT2D eigenvalue weighted by Crippen LogP contribution is 2.26. The summed E-state index contributed by atoms with van der Waals surface area (Å²) >= 11 is 0. The zero-order valence-electron chi connectivity index (χ0n) is 13.7. The second kappa shape index (κ2) is 7.92. The number of likely N-dealkylation sites (tertiary alicyclic amines) is 1.